The molecule has 0 spiro atoms. The summed E-state index contributed by atoms with van der Waals surface area (Å²) in [5.41, 5.74) is 0.657. The Kier molecular flexibility index (Phi) is 6.48. The lowest BCUT2D eigenvalue weighted by Gasteiger charge is -2.30. The topological polar surface area (TPSA) is 46.6 Å². The van der Waals surface area contributed by atoms with Crippen molar-refractivity contribution in [1.82, 2.24) is 4.90 Å². The van der Waals surface area contributed by atoms with Gasteiger partial charge in [0.1, 0.15) is 0 Å². The molecule has 0 atom stereocenters. The quantitative estimate of drug-likeness (QED) is 0.609. The third-order valence-electron chi connectivity index (χ3n) is 3.84. The summed E-state index contributed by atoms with van der Waals surface area (Å²) in [5, 5.41) is 0.969. The number of hydrogen-bond acceptors (Lipinski definition) is 3. The number of amides is 1. The average molecular weight is 356 g/mol. The van der Waals surface area contributed by atoms with Gasteiger partial charge in [-0.15, -0.1) is 0 Å². The molecule has 2 rings (SSSR count). The highest BCUT2D eigenvalue weighted by molar-refractivity contribution is 6.35. The molecule has 1 aromatic rings. The maximum Gasteiger partial charge on any atom is 0.331 e. The zero-order chi connectivity index (χ0) is 16.8. The van der Waals surface area contributed by atoms with Crippen LogP contribution in [0, 0.1) is 5.92 Å². The van der Waals surface area contributed by atoms with Crippen LogP contribution in [0.2, 0.25) is 10.0 Å². The van der Waals surface area contributed by atoms with Crippen molar-refractivity contribution in [2.45, 2.75) is 19.8 Å². The number of carbonyl (C=O) groups is 2. The first-order valence-electron chi connectivity index (χ1n) is 7.53. The van der Waals surface area contributed by atoms with E-state index in [4.69, 9.17) is 27.9 Å². The van der Waals surface area contributed by atoms with Gasteiger partial charge in [-0.25, -0.2) is 4.79 Å². The number of hydrogen-bond donors (Lipinski definition) is 0. The Balaban J connectivity index is 1.80. The highest BCUT2D eigenvalue weighted by Gasteiger charge is 2.20. The molecule has 1 heterocycles. The second-order valence-electron chi connectivity index (χ2n) is 5.67. The van der Waals surface area contributed by atoms with Crippen molar-refractivity contribution in [3.05, 3.63) is 39.9 Å². The van der Waals surface area contributed by atoms with Gasteiger partial charge in [-0.1, -0.05) is 36.2 Å². The fourth-order valence-electron chi connectivity index (χ4n) is 2.32. The summed E-state index contributed by atoms with van der Waals surface area (Å²) in [5.74, 6) is -0.0772. The minimum absolute atomic E-state index is 0.150. The van der Waals surface area contributed by atoms with Gasteiger partial charge in [-0.3, -0.25) is 4.79 Å². The second kappa shape index (κ2) is 8.37. The molecule has 0 aliphatic carbocycles. The maximum absolute atomic E-state index is 12.0. The summed E-state index contributed by atoms with van der Waals surface area (Å²) in [6.07, 6.45) is 4.78. The van der Waals surface area contributed by atoms with Crippen molar-refractivity contribution in [1.29, 1.82) is 0 Å². The van der Waals surface area contributed by atoms with Crippen molar-refractivity contribution in [3.63, 3.8) is 0 Å². The number of esters is 1. The molecule has 1 saturated heterocycles. The Bertz CT molecular complexity index is 608. The average Bonchev–Trinajstić information content (AvgIpc) is 2.52. The summed E-state index contributed by atoms with van der Waals surface area (Å²) in [6.45, 7) is 3.40. The van der Waals surface area contributed by atoms with E-state index in [-0.39, 0.29) is 12.5 Å². The van der Waals surface area contributed by atoms with Gasteiger partial charge in [-0.2, -0.15) is 0 Å². The first-order chi connectivity index (χ1) is 11.0. The Morgan fingerprint density at radius 1 is 1.30 bits per heavy atom. The molecule has 4 nitrogen and oxygen atoms in total. The largest absolute Gasteiger partial charge is 0.452 e. The molecule has 0 bridgehead atoms. The molecule has 1 fully saturated rings. The van der Waals surface area contributed by atoms with Crippen LogP contribution >= 0.6 is 23.2 Å². The van der Waals surface area contributed by atoms with Gasteiger partial charge < -0.3 is 9.64 Å². The molecule has 1 aliphatic rings. The van der Waals surface area contributed by atoms with Crippen LogP contribution in [0.5, 0.6) is 0 Å². The lowest BCUT2D eigenvalue weighted by Crippen LogP contribution is -2.40. The second-order valence-corrected chi connectivity index (χ2v) is 6.51. The molecule has 23 heavy (non-hydrogen) atoms. The minimum atomic E-state index is -0.574. The third kappa shape index (κ3) is 5.56. The van der Waals surface area contributed by atoms with E-state index in [0.29, 0.717) is 21.5 Å². The minimum Gasteiger partial charge on any atom is -0.452 e. The number of rotatable bonds is 4. The fourth-order valence-corrected chi connectivity index (χ4v) is 2.80. The molecule has 0 saturated carbocycles. The molecule has 1 amide bonds. The van der Waals surface area contributed by atoms with Crippen molar-refractivity contribution in [3.8, 4) is 0 Å². The number of carbonyl (C=O) groups excluding carboxylic acids is 2. The fraction of sp³-hybridized carbons (Fsp3) is 0.412. The standard InChI is InChI=1S/C17H19Cl2NO3/c1-12-6-8-20(9-7-12)16(21)11-23-17(22)5-3-13-2-4-14(18)10-15(13)19/h2-5,10,12H,6-9,11H2,1H3/b5-3+. The van der Waals surface area contributed by atoms with E-state index >= 15 is 0 Å². The molecule has 0 radical (unpaired) electrons. The van der Waals surface area contributed by atoms with Gasteiger partial charge in [0.2, 0.25) is 0 Å². The van der Waals surface area contributed by atoms with Crippen LogP contribution in [-0.2, 0) is 14.3 Å². The predicted molar refractivity (Wildman–Crippen MR) is 91.4 cm³/mol. The molecule has 1 aliphatic heterocycles. The number of piperidine rings is 1. The van der Waals surface area contributed by atoms with Crippen LogP contribution in [0.15, 0.2) is 24.3 Å². The molecular weight excluding hydrogens is 337 g/mol. The highest BCUT2D eigenvalue weighted by Crippen LogP contribution is 2.22. The van der Waals surface area contributed by atoms with Crippen molar-refractivity contribution in [2.24, 2.45) is 5.92 Å². The lowest BCUT2D eigenvalue weighted by atomic mass is 9.99. The summed E-state index contributed by atoms with van der Waals surface area (Å²) in [4.78, 5) is 25.4. The molecule has 0 N–H and O–H groups in total. The van der Waals surface area contributed by atoms with Crippen molar-refractivity contribution in [2.75, 3.05) is 19.7 Å². The van der Waals surface area contributed by atoms with Crippen LogP contribution in [-0.4, -0.2) is 36.5 Å². The SMILES string of the molecule is CC1CCN(C(=O)COC(=O)/C=C/c2ccc(Cl)cc2Cl)CC1. The Morgan fingerprint density at radius 2 is 2.00 bits per heavy atom. The molecule has 0 unspecified atom stereocenters. The van der Waals surface area contributed by atoms with Crippen molar-refractivity contribution < 1.29 is 14.3 Å². The van der Waals surface area contributed by atoms with Crippen LogP contribution in [0.3, 0.4) is 0 Å². The van der Waals surface area contributed by atoms with Crippen molar-refractivity contribution >= 4 is 41.2 Å². The number of halogens is 2. The normalized spacial score (nSPS) is 15.9. The maximum atomic E-state index is 12.0. The van der Waals surface area contributed by atoms with E-state index in [9.17, 15) is 9.59 Å². The highest BCUT2D eigenvalue weighted by atomic mass is 35.5. The molecule has 0 aromatic heterocycles. The van der Waals surface area contributed by atoms with E-state index < -0.39 is 5.97 Å². The Morgan fingerprint density at radius 3 is 2.65 bits per heavy atom. The third-order valence-corrected chi connectivity index (χ3v) is 4.40. The van der Waals surface area contributed by atoms with E-state index in [1.54, 1.807) is 23.1 Å². The van der Waals surface area contributed by atoms with Gasteiger partial charge >= 0.3 is 5.97 Å². The van der Waals surface area contributed by atoms with Gasteiger partial charge in [0.05, 0.1) is 0 Å². The number of likely N-dealkylation sites (tertiary alicyclic amines) is 1. The van der Waals surface area contributed by atoms with E-state index in [0.717, 1.165) is 25.9 Å². The van der Waals surface area contributed by atoms with Crippen LogP contribution < -0.4 is 0 Å². The summed E-state index contributed by atoms with van der Waals surface area (Å²) in [7, 11) is 0. The van der Waals surface area contributed by atoms with Gasteiger partial charge in [0.25, 0.3) is 5.91 Å². The first kappa shape index (κ1) is 17.8. The monoisotopic (exact) mass is 355 g/mol. The van der Waals surface area contributed by atoms with Crippen LogP contribution in [0.25, 0.3) is 6.08 Å². The van der Waals surface area contributed by atoms with Crippen LogP contribution in [0.1, 0.15) is 25.3 Å². The zero-order valence-corrected chi connectivity index (χ0v) is 14.4. The number of benzene rings is 1. The summed E-state index contributed by atoms with van der Waals surface area (Å²) in [6, 6.07) is 4.98. The predicted octanol–water partition coefficient (Wildman–Crippen LogP) is 3.81. The lowest BCUT2D eigenvalue weighted by molar-refractivity contribution is -0.148. The van der Waals surface area contributed by atoms with Gasteiger partial charge in [0.15, 0.2) is 6.61 Å². The van der Waals surface area contributed by atoms with Crippen LogP contribution in [0.4, 0.5) is 0 Å². The molecule has 1 aromatic carbocycles. The zero-order valence-electron chi connectivity index (χ0n) is 12.9. The number of nitrogens with zero attached hydrogens (tertiary/aromatic N) is 1. The summed E-state index contributed by atoms with van der Waals surface area (Å²) >= 11 is 11.8. The molecule has 6 heteroatoms. The molecule has 124 valence electrons. The van der Waals surface area contributed by atoms with E-state index in [1.165, 1.54) is 12.2 Å². The van der Waals surface area contributed by atoms with Gasteiger partial charge in [0, 0.05) is 29.2 Å². The Labute approximate surface area is 146 Å². The van der Waals surface area contributed by atoms with Gasteiger partial charge in [-0.05, 0) is 42.5 Å². The smallest absolute Gasteiger partial charge is 0.331 e. The number of ether oxygens (including phenoxy) is 1. The summed E-state index contributed by atoms with van der Waals surface area (Å²) < 4.78 is 4.98. The van der Waals surface area contributed by atoms with E-state index in [1.807, 2.05) is 0 Å². The molecular formula is C17H19Cl2NO3. The first-order valence-corrected chi connectivity index (χ1v) is 8.29. The Hall–Kier alpha value is -1.52. The van der Waals surface area contributed by atoms with E-state index in [2.05, 4.69) is 6.92 Å².